The molecule has 3 heterocycles. The molecule has 0 saturated carbocycles. The van der Waals surface area contributed by atoms with Crippen LogP contribution in [0.25, 0.3) is 87.5 Å². The van der Waals surface area contributed by atoms with E-state index < -0.39 is 0 Å². The van der Waals surface area contributed by atoms with Crippen LogP contribution in [0.4, 0.5) is 34.1 Å². The summed E-state index contributed by atoms with van der Waals surface area (Å²) < 4.78 is 2.72. The summed E-state index contributed by atoms with van der Waals surface area (Å²) in [6, 6.07) is 91.1. The zero-order valence-corrected chi connectivity index (χ0v) is 45.0. The quantitative estimate of drug-likeness (QED) is 0.121. The van der Waals surface area contributed by atoms with Gasteiger partial charge in [0.15, 0.2) is 0 Å². The minimum Gasteiger partial charge on any atom is -0.375 e. The summed E-state index contributed by atoms with van der Waals surface area (Å²) in [6.45, 7) is 14.3. The molecule has 13 aromatic rings. The van der Waals surface area contributed by atoms with Gasteiger partial charge in [0, 0.05) is 61.5 Å². The van der Waals surface area contributed by atoms with Crippen molar-refractivity contribution in [3.63, 3.8) is 0 Å². The van der Waals surface area contributed by atoms with Crippen LogP contribution in [0.3, 0.4) is 0 Å². The van der Waals surface area contributed by atoms with E-state index in [1.807, 2.05) is 0 Å². The van der Waals surface area contributed by atoms with Gasteiger partial charge in [0.2, 0.25) is 0 Å². The van der Waals surface area contributed by atoms with Gasteiger partial charge in [0.25, 0.3) is 0 Å². The summed E-state index contributed by atoms with van der Waals surface area (Å²) in [5, 5.41) is 10.3. The average molecular weight is 1000 g/mol. The molecule has 4 heteroatoms. The highest BCUT2D eigenvalue weighted by molar-refractivity contribution is 6.90. The van der Waals surface area contributed by atoms with Gasteiger partial charge in [-0.1, -0.05) is 211 Å². The first-order valence-electron chi connectivity index (χ1n) is 27.6. The maximum Gasteiger partial charge on any atom is 0.333 e. The molecule has 0 amide bonds. The Kier molecular flexibility index (Phi) is 10.2. The van der Waals surface area contributed by atoms with Crippen molar-refractivity contribution in [2.24, 2.45) is 0 Å². The molecular weight excluding hydrogens is 942 g/mol. The molecule has 2 aliphatic heterocycles. The van der Waals surface area contributed by atoms with E-state index in [0.717, 1.165) is 22.7 Å². The smallest absolute Gasteiger partial charge is 0.333 e. The predicted octanol–water partition coefficient (Wildman–Crippen LogP) is 19.1. The number of anilines is 6. The van der Waals surface area contributed by atoms with Crippen molar-refractivity contribution in [1.29, 1.82) is 0 Å². The van der Waals surface area contributed by atoms with Crippen molar-refractivity contribution >= 4 is 106 Å². The Bertz CT molecular complexity index is 4470. The maximum atomic E-state index is 2.72. The van der Waals surface area contributed by atoms with Gasteiger partial charge in [-0.2, -0.15) is 0 Å². The van der Waals surface area contributed by atoms with Gasteiger partial charge in [-0.05, 0) is 166 Å². The molecular formula is C74H58BN3. The van der Waals surface area contributed by atoms with E-state index in [9.17, 15) is 0 Å². The molecule has 0 unspecified atom stereocenters. The number of benzene rings is 12. The zero-order chi connectivity index (χ0) is 52.6. The molecule has 0 saturated heterocycles. The van der Waals surface area contributed by atoms with Crippen molar-refractivity contribution < 1.29 is 0 Å². The van der Waals surface area contributed by atoms with Crippen LogP contribution in [0.2, 0.25) is 0 Å². The predicted molar refractivity (Wildman–Crippen MR) is 335 cm³/mol. The van der Waals surface area contributed by atoms with Crippen LogP contribution in [0.5, 0.6) is 0 Å². The number of para-hydroxylation sites is 4. The lowest BCUT2D eigenvalue weighted by Crippen LogP contribution is -2.56. The number of rotatable bonds is 6. The van der Waals surface area contributed by atoms with Gasteiger partial charge in [-0.15, -0.1) is 0 Å². The zero-order valence-electron chi connectivity index (χ0n) is 45.0. The summed E-state index contributed by atoms with van der Waals surface area (Å²) >= 11 is 0. The summed E-state index contributed by atoms with van der Waals surface area (Å²) in [7, 11) is 0. The standard InChI is InChI=1S/C74H58BN3/c1-73(2,3)69-58-33-19-20-34-59(58)70(74(4,5)6)63-46-66-64(45-62(63)69)75-71-67(77(66)55-41-49(47-24-11-7-12-25-47)40-50(42-55)48-26-13-8-14-27-48)44-51-43-54(76(52-28-15-9-16-29-52)53-30-17-10-18-31-53)38-39-56(51)68(71)61-36-23-35-60-57-32-21-22-37-65(57)78(75)72(60)61/h7-46H,1-6H3. The van der Waals surface area contributed by atoms with E-state index in [4.69, 9.17) is 0 Å². The molecule has 0 fully saturated rings. The van der Waals surface area contributed by atoms with Gasteiger partial charge >= 0.3 is 6.85 Å². The fourth-order valence-electron chi connectivity index (χ4n) is 13.8. The maximum absolute atomic E-state index is 2.72. The lowest BCUT2D eigenvalue weighted by atomic mass is 9.44. The Balaban J connectivity index is 1.14. The highest BCUT2D eigenvalue weighted by atomic mass is 15.2. The second-order valence-electron chi connectivity index (χ2n) is 23.7. The molecule has 0 bridgehead atoms. The molecule has 2 aliphatic rings. The molecule has 0 spiro atoms. The normalized spacial score (nSPS) is 12.9. The van der Waals surface area contributed by atoms with Gasteiger partial charge < -0.3 is 14.3 Å². The Hall–Kier alpha value is -9.12. The molecule has 0 radical (unpaired) electrons. The fourth-order valence-corrected chi connectivity index (χ4v) is 13.8. The van der Waals surface area contributed by atoms with Crippen molar-refractivity contribution in [2.75, 3.05) is 9.80 Å². The molecule has 0 aliphatic carbocycles. The van der Waals surface area contributed by atoms with E-state index in [0.29, 0.717) is 0 Å². The Morgan fingerprint density at radius 3 is 1.49 bits per heavy atom. The minimum absolute atomic E-state index is 0.152. The van der Waals surface area contributed by atoms with Gasteiger partial charge in [-0.25, -0.2) is 0 Å². The van der Waals surface area contributed by atoms with E-state index in [1.54, 1.807) is 0 Å². The van der Waals surface area contributed by atoms with Gasteiger partial charge in [0.05, 0.1) is 0 Å². The molecule has 3 nitrogen and oxygen atoms in total. The first-order chi connectivity index (χ1) is 38.0. The lowest BCUT2D eigenvalue weighted by Gasteiger charge is -2.42. The van der Waals surface area contributed by atoms with Crippen LogP contribution in [-0.4, -0.2) is 11.3 Å². The van der Waals surface area contributed by atoms with Crippen LogP contribution in [-0.2, 0) is 10.8 Å². The third kappa shape index (κ3) is 6.98. The van der Waals surface area contributed by atoms with Crippen LogP contribution >= 0.6 is 0 Å². The van der Waals surface area contributed by atoms with Crippen molar-refractivity contribution in [3.8, 4) is 33.4 Å². The third-order valence-electron chi connectivity index (χ3n) is 16.8. The minimum atomic E-state index is -0.177. The van der Waals surface area contributed by atoms with Crippen LogP contribution in [0, 0.1) is 0 Å². The van der Waals surface area contributed by atoms with Crippen LogP contribution in [0.1, 0.15) is 52.7 Å². The molecule has 0 N–H and O–H groups in total. The average Bonchev–Trinajstić information content (AvgIpc) is 3.89. The number of hydrogen-bond acceptors (Lipinski definition) is 2. The summed E-state index contributed by atoms with van der Waals surface area (Å²) in [5.74, 6) is 0. The van der Waals surface area contributed by atoms with E-state index in [2.05, 4.69) is 298 Å². The van der Waals surface area contributed by atoms with Crippen molar-refractivity contribution in [3.05, 3.63) is 254 Å². The Morgan fingerprint density at radius 1 is 0.372 bits per heavy atom. The lowest BCUT2D eigenvalue weighted by molar-refractivity contribution is 0.593. The second kappa shape index (κ2) is 17.2. The summed E-state index contributed by atoms with van der Waals surface area (Å²) in [5.41, 5.74) is 21.7. The number of hydrogen-bond donors (Lipinski definition) is 0. The van der Waals surface area contributed by atoms with Crippen molar-refractivity contribution in [1.82, 2.24) is 4.48 Å². The van der Waals surface area contributed by atoms with E-state index in [-0.39, 0.29) is 17.7 Å². The first-order valence-corrected chi connectivity index (χ1v) is 27.6. The number of fused-ring (bicyclic) bond motifs is 11. The second-order valence-corrected chi connectivity index (χ2v) is 23.7. The van der Waals surface area contributed by atoms with E-state index in [1.165, 1.54) is 121 Å². The molecule has 1 aromatic heterocycles. The Morgan fingerprint density at radius 2 is 0.897 bits per heavy atom. The largest absolute Gasteiger partial charge is 0.375 e. The fraction of sp³-hybridized carbons (Fsp3) is 0.108. The van der Waals surface area contributed by atoms with Crippen molar-refractivity contribution in [2.45, 2.75) is 52.4 Å². The molecule has 78 heavy (non-hydrogen) atoms. The highest BCUT2D eigenvalue weighted by Crippen LogP contribution is 2.52. The molecule has 372 valence electrons. The summed E-state index contributed by atoms with van der Waals surface area (Å²) in [4.78, 5) is 5.06. The van der Waals surface area contributed by atoms with Crippen LogP contribution < -0.4 is 20.7 Å². The molecule has 0 atom stereocenters. The Labute approximate surface area is 457 Å². The number of aromatic nitrogens is 1. The van der Waals surface area contributed by atoms with E-state index >= 15 is 0 Å². The number of nitrogens with zero attached hydrogens (tertiary/aromatic N) is 3. The molecule has 12 aromatic carbocycles. The molecule has 15 rings (SSSR count). The summed E-state index contributed by atoms with van der Waals surface area (Å²) in [6.07, 6.45) is 0. The highest BCUT2D eigenvalue weighted by Gasteiger charge is 2.45. The monoisotopic (exact) mass is 999 g/mol. The SMILES string of the molecule is CC(C)(C)c1c2ccccc2c(C(C)(C)C)c2cc3c(cc12)B1c2c(cc4cc(N(c5ccccc5)c5ccccc5)ccc4c2-c2cccc4c5ccccc5n1c24)N3c1cc(-c2ccccc2)cc(-c2ccccc2)c1. The third-order valence-corrected chi connectivity index (χ3v) is 16.8. The van der Waals surface area contributed by atoms with Gasteiger partial charge in [0.1, 0.15) is 0 Å². The topological polar surface area (TPSA) is 11.4 Å². The first kappa shape index (κ1) is 46.2. The van der Waals surface area contributed by atoms with Gasteiger partial charge in [-0.3, -0.25) is 0 Å². The van der Waals surface area contributed by atoms with Crippen LogP contribution in [0.15, 0.2) is 243 Å².